The number of fused-ring (bicyclic) bond motifs is 1. The van der Waals surface area contributed by atoms with Crippen LogP contribution >= 0.6 is 27.5 Å². The summed E-state index contributed by atoms with van der Waals surface area (Å²) in [5.74, 6) is 0. The summed E-state index contributed by atoms with van der Waals surface area (Å²) in [5, 5.41) is 2.93. The van der Waals surface area contributed by atoms with E-state index in [0.717, 1.165) is 26.0 Å². The zero-order valence-corrected chi connectivity index (χ0v) is 9.35. The smallest absolute Gasteiger partial charge is 0.0555 e. The van der Waals surface area contributed by atoms with Crippen molar-refractivity contribution in [2.24, 2.45) is 0 Å². The Kier molecular flexibility index (Phi) is 2.26. The molecule has 1 aromatic carbocycles. The summed E-state index contributed by atoms with van der Waals surface area (Å²) in [7, 11) is 0. The van der Waals surface area contributed by atoms with Crippen LogP contribution < -0.4 is 0 Å². The van der Waals surface area contributed by atoms with Crippen LogP contribution in [0.25, 0.3) is 10.8 Å². The molecule has 66 valence electrons. The van der Waals surface area contributed by atoms with Gasteiger partial charge in [-0.15, -0.1) is 0 Å². The number of hydrogen-bond donors (Lipinski definition) is 0. The molecule has 0 saturated carbocycles. The lowest BCUT2D eigenvalue weighted by molar-refractivity contribution is 1.22. The fourth-order valence-electron chi connectivity index (χ4n) is 1.27. The molecule has 0 radical (unpaired) electrons. The monoisotopic (exact) mass is 255 g/mol. The standard InChI is InChI=1S/C10H7BrClN/c1-6-4-7-2-3-9(12)10(11)8(7)5-13-6/h2-5H,1H3. The normalized spacial score (nSPS) is 10.7. The van der Waals surface area contributed by atoms with Crippen molar-refractivity contribution in [3.05, 3.63) is 39.6 Å². The molecule has 0 fully saturated rings. The Balaban J connectivity index is 2.87. The Labute approximate surface area is 89.9 Å². The van der Waals surface area contributed by atoms with Crippen LogP contribution in [0.1, 0.15) is 5.69 Å². The summed E-state index contributed by atoms with van der Waals surface area (Å²) in [5.41, 5.74) is 1.02. The number of pyridine rings is 1. The number of halogens is 2. The van der Waals surface area contributed by atoms with Crippen LogP contribution in [-0.2, 0) is 0 Å². The highest BCUT2D eigenvalue weighted by Crippen LogP contribution is 2.30. The molecule has 0 amide bonds. The molecule has 0 aliphatic carbocycles. The van der Waals surface area contributed by atoms with Gasteiger partial charge in [0.05, 0.1) is 5.02 Å². The van der Waals surface area contributed by atoms with E-state index in [9.17, 15) is 0 Å². The molecule has 0 aliphatic heterocycles. The minimum Gasteiger partial charge on any atom is -0.261 e. The highest BCUT2D eigenvalue weighted by Gasteiger charge is 2.02. The first-order valence-corrected chi connectivity index (χ1v) is 5.06. The Morgan fingerprint density at radius 3 is 2.92 bits per heavy atom. The first-order valence-electron chi connectivity index (χ1n) is 3.89. The quantitative estimate of drug-likeness (QED) is 0.695. The average Bonchev–Trinajstić information content (AvgIpc) is 2.12. The second-order valence-electron chi connectivity index (χ2n) is 2.91. The van der Waals surface area contributed by atoms with Crippen LogP contribution in [0.2, 0.25) is 5.02 Å². The maximum absolute atomic E-state index is 5.95. The van der Waals surface area contributed by atoms with E-state index in [2.05, 4.69) is 20.9 Å². The topological polar surface area (TPSA) is 12.9 Å². The second-order valence-corrected chi connectivity index (χ2v) is 4.11. The van der Waals surface area contributed by atoms with Crippen molar-refractivity contribution < 1.29 is 0 Å². The number of nitrogens with zero attached hydrogens (tertiary/aromatic N) is 1. The van der Waals surface area contributed by atoms with Gasteiger partial charge in [-0.25, -0.2) is 0 Å². The minimum absolute atomic E-state index is 0.721. The molecule has 13 heavy (non-hydrogen) atoms. The van der Waals surface area contributed by atoms with Crippen molar-refractivity contribution in [3.8, 4) is 0 Å². The lowest BCUT2D eigenvalue weighted by Crippen LogP contribution is -1.82. The number of aromatic nitrogens is 1. The van der Waals surface area contributed by atoms with Crippen LogP contribution in [0.4, 0.5) is 0 Å². The Bertz CT molecular complexity index is 468. The summed E-state index contributed by atoms with van der Waals surface area (Å²) >= 11 is 9.39. The Morgan fingerprint density at radius 2 is 2.15 bits per heavy atom. The third-order valence-electron chi connectivity index (χ3n) is 1.93. The Hall–Kier alpha value is -0.600. The first-order chi connectivity index (χ1) is 6.18. The molecule has 1 nitrogen and oxygen atoms in total. The molecule has 0 saturated heterocycles. The number of aryl methyl sites for hydroxylation is 1. The number of rotatable bonds is 0. The van der Waals surface area contributed by atoms with Crippen molar-refractivity contribution in [2.75, 3.05) is 0 Å². The molecule has 0 unspecified atom stereocenters. The van der Waals surface area contributed by atoms with Crippen molar-refractivity contribution in [2.45, 2.75) is 6.92 Å². The number of benzene rings is 1. The lowest BCUT2D eigenvalue weighted by Gasteiger charge is -2.02. The van der Waals surface area contributed by atoms with Crippen LogP contribution in [0.3, 0.4) is 0 Å². The van der Waals surface area contributed by atoms with Gasteiger partial charge < -0.3 is 0 Å². The third kappa shape index (κ3) is 1.56. The van der Waals surface area contributed by atoms with Gasteiger partial charge in [0.2, 0.25) is 0 Å². The maximum atomic E-state index is 5.95. The number of hydrogen-bond acceptors (Lipinski definition) is 1. The molecule has 3 heteroatoms. The van der Waals surface area contributed by atoms with Gasteiger partial charge in [0.25, 0.3) is 0 Å². The van der Waals surface area contributed by atoms with Gasteiger partial charge in [-0.05, 0) is 40.4 Å². The first kappa shape index (κ1) is 8.97. The molecular formula is C10H7BrClN. The van der Waals surface area contributed by atoms with Crippen molar-refractivity contribution >= 4 is 38.3 Å². The fraction of sp³-hybridized carbons (Fsp3) is 0.100. The second kappa shape index (κ2) is 3.28. The molecule has 2 aromatic rings. The molecule has 0 atom stereocenters. The van der Waals surface area contributed by atoms with Gasteiger partial charge in [-0.3, -0.25) is 4.98 Å². The minimum atomic E-state index is 0.721. The van der Waals surface area contributed by atoms with Gasteiger partial charge in [-0.1, -0.05) is 17.7 Å². The summed E-state index contributed by atoms with van der Waals surface area (Å²) in [4.78, 5) is 4.22. The third-order valence-corrected chi connectivity index (χ3v) is 3.33. The highest BCUT2D eigenvalue weighted by atomic mass is 79.9. The summed E-state index contributed by atoms with van der Waals surface area (Å²) in [6.07, 6.45) is 1.83. The van der Waals surface area contributed by atoms with E-state index in [1.54, 1.807) is 0 Å². The predicted octanol–water partition coefficient (Wildman–Crippen LogP) is 3.96. The van der Waals surface area contributed by atoms with Gasteiger partial charge in [0.1, 0.15) is 0 Å². The molecule has 0 N–H and O–H groups in total. The molecule has 1 heterocycles. The molecule has 2 rings (SSSR count). The van der Waals surface area contributed by atoms with Gasteiger partial charge >= 0.3 is 0 Å². The SMILES string of the molecule is Cc1cc2ccc(Cl)c(Br)c2cn1. The van der Waals surface area contributed by atoms with E-state index in [1.165, 1.54) is 0 Å². The Morgan fingerprint density at radius 1 is 1.38 bits per heavy atom. The van der Waals surface area contributed by atoms with Crippen LogP contribution in [0, 0.1) is 6.92 Å². The largest absolute Gasteiger partial charge is 0.261 e. The zero-order chi connectivity index (χ0) is 9.42. The van der Waals surface area contributed by atoms with Crippen molar-refractivity contribution in [3.63, 3.8) is 0 Å². The average molecular weight is 257 g/mol. The molecule has 1 aromatic heterocycles. The molecule has 0 aliphatic rings. The van der Waals surface area contributed by atoms with E-state index in [0.29, 0.717) is 0 Å². The van der Waals surface area contributed by atoms with Crippen LogP contribution in [0.5, 0.6) is 0 Å². The predicted molar refractivity (Wildman–Crippen MR) is 59.2 cm³/mol. The van der Waals surface area contributed by atoms with Gasteiger partial charge in [0, 0.05) is 21.7 Å². The van der Waals surface area contributed by atoms with Gasteiger partial charge in [-0.2, -0.15) is 0 Å². The van der Waals surface area contributed by atoms with Crippen LogP contribution in [0.15, 0.2) is 28.9 Å². The van der Waals surface area contributed by atoms with Gasteiger partial charge in [0.15, 0.2) is 0 Å². The van der Waals surface area contributed by atoms with Crippen LogP contribution in [-0.4, -0.2) is 4.98 Å². The summed E-state index contributed by atoms with van der Waals surface area (Å²) in [6, 6.07) is 5.92. The van der Waals surface area contributed by atoms with Crippen molar-refractivity contribution in [1.29, 1.82) is 0 Å². The summed E-state index contributed by atoms with van der Waals surface area (Å²) in [6.45, 7) is 1.97. The van der Waals surface area contributed by atoms with E-state index < -0.39 is 0 Å². The molecule has 0 bridgehead atoms. The fourth-order valence-corrected chi connectivity index (χ4v) is 1.90. The molecular weight excluding hydrogens is 249 g/mol. The van der Waals surface area contributed by atoms with E-state index in [1.807, 2.05) is 31.3 Å². The van der Waals surface area contributed by atoms with Crippen molar-refractivity contribution in [1.82, 2.24) is 4.98 Å². The molecule has 0 spiro atoms. The summed E-state index contributed by atoms with van der Waals surface area (Å²) < 4.78 is 0.916. The van der Waals surface area contributed by atoms with E-state index >= 15 is 0 Å². The van der Waals surface area contributed by atoms with E-state index in [-0.39, 0.29) is 0 Å². The van der Waals surface area contributed by atoms with E-state index in [4.69, 9.17) is 11.6 Å². The highest BCUT2D eigenvalue weighted by molar-refractivity contribution is 9.10. The maximum Gasteiger partial charge on any atom is 0.0555 e. The lowest BCUT2D eigenvalue weighted by atomic mass is 10.1. The zero-order valence-electron chi connectivity index (χ0n) is 7.01.